The maximum atomic E-state index is 11.0. The number of nitrogens with one attached hydrogen (secondary N) is 3. The number of nitrogens with zero attached hydrogens (tertiary/aromatic N) is 1. The largest absolute Gasteiger partial charge is 0.352 e. The normalized spacial score (nSPS) is 21.9. The summed E-state index contributed by atoms with van der Waals surface area (Å²) in [5.74, 6) is 0.561. The van der Waals surface area contributed by atoms with E-state index in [0.717, 1.165) is 25.9 Å². The minimum atomic E-state index is -0.119. The molecule has 1 unspecified atom stereocenters. The first-order valence-corrected chi connectivity index (χ1v) is 4.87. The molecule has 1 aromatic rings. The lowest BCUT2D eigenvalue weighted by Crippen LogP contribution is -2.39. The predicted octanol–water partition coefficient (Wildman–Crippen LogP) is -0.0662. The predicted molar refractivity (Wildman–Crippen MR) is 54.4 cm³/mol. The molecule has 2 rings (SSSR count). The fourth-order valence-corrected chi connectivity index (χ4v) is 1.61. The minimum absolute atomic E-state index is 0.119. The van der Waals surface area contributed by atoms with Gasteiger partial charge >= 0.3 is 0 Å². The van der Waals surface area contributed by atoms with Gasteiger partial charge in [-0.15, -0.1) is 0 Å². The second-order valence-electron chi connectivity index (χ2n) is 3.47. The Kier molecular flexibility index (Phi) is 2.78. The summed E-state index contributed by atoms with van der Waals surface area (Å²) in [5, 5.41) is 6.48. The zero-order valence-corrected chi connectivity index (χ0v) is 7.92. The van der Waals surface area contributed by atoms with Gasteiger partial charge in [-0.3, -0.25) is 9.78 Å². The van der Waals surface area contributed by atoms with Crippen molar-refractivity contribution in [1.29, 1.82) is 0 Å². The summed E-state index contributed by atoms with van der Waals surface area (Å²) < 4.78 is 0. The van der Waals surface area contributed by atoms with Crippen LogP contribution in [0, 0.1) is 0 Å². The molecule has 1 saturated heterocycles. The number of hydrogen-bond donors (Lipinski definition) is 3. The fraction of sp³-hybridized carbons (Fsp3) is 0.556. The molecule has 1 aromatic heterocycles. The van der Waals surface area contributed by atoms with Crippen LogP contribution >= 0.6 is 0 Å². The van der Waals surface area contributed by atoms with Crippen molar-refractivity contribution in [3.05, 3.63) is 22.6 Å². The van der Waals surface area contributed by atoms with Crippen LogP contribution in [0.3, 0.4) is 0 Å². The van der Waals surface area contributed by atoms with Gasteiger partial charge in [-0.05, 0) is 19.4 Å². The zero-order valence-electron chi connectivity index (χ0n) is 7.92. The Morgan fingerprint density at radius 3 is 3.21 bits per heavy atom. The summed E-state index contributed by atoms with van der Waals surface area (Å²) >= 11 is 0. The van der Waals surface area contributed by atoms with Crippen LogP contribution in [0.25, 0.3) is 0 Å². The molecule has 0 bridgehead atoms. The van der Waals surface area contributed by atoms with E-state index in [-0.39, 0.29) is 5.56 Å². The monoisotopic (exact) mass is 194 g/mol. The van der Waals surface area contributed by atoms with Gasteiger partial charge < -0.3 is 10.6 Å². The van der Waals surface area contributed by atoms with Crippen LogP contribution in [0.15, 0.2) is 17.1 Å². The molecule has 0 amide bonds. The van der Waals surface area contributed by atoms with E-state index in [4.69, 9.17) is 0 Å². The van der Waals surface area contributed by atoms with E-state index in [1.54, 1.807) is 0 Å². The number of aromatic nitrogens is 2. The zero-order chi connectivity index (χ0) is 9.80. The van der Waals surface area contributed by atoms with Gasteiger partial charge in [-0.25, -0.2) is 4.98 Å². The third kappa shape index (κ3) is 2.32. The van der Waals surface area contributed by atoms with Crippen LogP contribution in [-0.2, 0) is 0 Å². The van der Waals surface area contributed by atoms with Crippen LogP contribution in [-0.4, -0.2) is 29.1 Å². The summed E-state index contributed by atoms with van der Waals surface area (Å²) in [6.07, 6.45) is 3.79. The average molecular weight is 194 g/mol. The van der Waals surface area contributed by atoms with Crippen molar-refractivity contribution in [2.24, 2.45) is 0 Å². The van der Waals surface area contributed by atoms with Gasteiger partial charge in [-0.2, -0.15) is 0 Å². The van der Waals surface area contributed by atoms with Crippen molar-refractivity contribution in [2.75, 3.05) is 18.4 Å². The van der Waals surface area contributed by atoms with Crippen LogP contribution in [0.2, 0.25) is 0 Å². The molecule has 0 aliphatic carbocycles. The summed E-state index contributed by atoms with van der Waals surface area (Å²) in [7, 11) is 0. The number of H-pyrrole nitrogens is 1. The molecule has 5 heteroatoms. The summed E-state index contributed by atoms with van der Waals surface area (Å²) in [5.41, 5.74) is -0.119. The average Bonchev–Trinajstić information content (AvgIpc) is 2.19. The maximum Gasteiger partial charge on any atom is 0.252 e. The number of anilines is 1. The highest BCUT2D eigenvalue weighted by atomic mass is 16.1. The van der Waals surface area contributed by atoms with Crippen LogP contribution in [0.4, 0.5) is 5.95 Å². The van der Waals surface area contributed by atoms with Gasteiger partial charge in [0.05, 0.1) is 0 Å². The van der Waals surface area contributed by atoms with E-state index in [1.165, 1.54) is 12.3 Å². The first-order valence-electron chi connectivity index (χ1n) is 4.87. The molecule has 0 aromatic carbocycles. The molecule has 0 saturated carbocycles. The molecule has 1 aliphatic heterocycles. The molecule has 1 fully saturated rings. The van der Waals surface area contributed by atoms with Gasteiger partial charge in [0.1, 0.15) is 0 Å². The second-order valence-corrected chi connectivity index (χ2v) is 3.47. The van der Waals surface area contributed by atoms with Crippen molar-refractivity contribution in [3.8, 4) is 0 Å². The van der Waals surface area contributed by atoms with Gasteiger partial charge in [0, 0.05) is 24.8 Å². The highest BCUT2D eigenvalue weighted by molar-refractivity contribution is 5.24. The molecule has 1 aliphatic rings. The standard InChI is InChI=1S/C9H14N4O/c14-8-3-5-11-9(13-8)12-7-2-1-4-10-6-7/h3,5,7,10H,1-2,4,6H2,(H2,11,12,13,14). The van der Waals surface area contributed by atoms with Gasteiger partial charge in [0.25, 0.3) is 5.56 Å². The number of hydrogen-bond acceptors (Lipinski definition) is 4. The van der Waals surface area contributed by atoms with Crippen molar-refractivity contribution < 1.29 is 0 Å². The van der Waals surface area contributed by atoms with Crippen LogP contribution < -0.4 is 16.2 Å². The van der Waals surface area contributed by atoms with E-state index in [0.29, 0.717) is 12.0 Å². The summed E-state index contributed by atoms with van der Waals surface area (Å²) in [4.78, 5) is 17.7. The highest BCUT2D eigenvalue weighted by Crippen LogP contribution is 2.05. The van der Waals surface area contributed by atoms with Gasteiger partial charge in [0.15, 0.2) is 0 Å². The molecular weight excluding hydrogens is 180 g/mol. The van der Waals surface area contributed by atoms with Gasteiger partial charge in [-0.1, -0.05) is 0 Å². The number of aromatic amines is 1. The number of piperidine rings is 1. The first kappa shape index (κ1) is 9.21. The lowest BCUT2D eigenvalue weighted by atomic mass is 10.1. The lowest BCUT2D eigenvalue weighted by molar-refractivity contribution is 0.478. The fourth-order valence-electron chi connectivity index (χ4n) is 1.61. The van der Waals surface area contributed by atoms with E-state index in [9.17, 15) is 4.79 Å². The van der Waals surface area contributed by atoms with Crippen LogP contribution in [0.5, 0.6) is 0 Å². The molecule has 0 radical (unpaired) electrons. The Labute approximate surface area is 82.0 Å². The Hall–Kier alpha value is -1.36. The third-order valence-electron chi connectivity index (χ3n) is 2.31. The Bertz CT molecular complexity index is 343. The topological polar surface area (TPSA) is 69.8 Å². The second kappa shape index (κ2) is 4.23. The molecule has 5 nitrogen and oxygen atoms in total. The Morgan fingerprint density at radius 2 is 2.50 bits per heavy atom. The molecule has 0 spiro atoms. The molecular formula is C9H14N4O. The quantitative estimate of drug-likeness (QED) is 0.616. The van der Waals surface area contributed by atoms with E-state index in [2.05, 4.69) is 20.6 Å². The SMILES string of the molecule is O=c1ccnc(NC2CCCNC2)[nH]1. The van der Waals surface area contributed by atoms with Crippen molar-refractivity contribution in [2.45, 2.75) is 18.9 Å². The Morgan fingerprint density at radius 1 is 1.57 bits per heavy atom. The van der Waals surface area contributed by atoms with Crippen molar-refractivity contribution in [3.63, 3.8) is 0 Å². The highest BCUT2D eigenvalue weighted by Gasteiger charge is 2.12. The Balaban J connectivity index is 1.99. The van der Waals surface area contributed by atoms with Crippen molar-refractivity contribution in [1.82, 2.24) is 15.3 Å². The van der Waals surface area contributed by atoms with E-state index >= 15 is 0 Å². The maximum absolute atomic E-state index is 11.0. The summed E-state index contributed by atoms with van der Waals surface area (Å²) in [6, 6.07) is 1.78. The molecule has 76 valence electrons. The van der Waals surface area contributed by atoms with E-state index < -0.39 is 0 Å². The van der Waals surface area contributed by atoms with Crippen molar-refractivity contribution >= 4 is 5.95 Å². The number of rotatable bonds is 2. The van der Waals surface area contributed by atoms with Gasteiger partial charge in [0.2, 0.25) is 5.95 Å². The first-order chi connectivity index (χ1) is 6.84. The molecule has 2 heterocycles. The molecule has 3 N–H and O–H groups in total. The smallest absolute Gasteiger partial charge is 0.252 e. The third-order valence-corrected chi connectivity index (χ3v) is 2.31. The summed E-state index contributed by atoms with van der Waals surface area (Å²) in [6.45, 7) is 2.01. The van der Waals surface area contributed by atoms with Crippen LogP contribution in [0.1, 0.15) is 12.8 Å². The minimum Gasteiger partial charge on any atom is -0.352 e. The van der Waals surface area contributed by atoms with E-state index in [1.807, 2.05) is 0 Å². The lowest BCUT2D eigenvalue weighted by Gasteiger charge is -2.23. The molecule has 1 atom stereocenters. The molecule has 14 heavy (non-hydrogen) atoms.